The molecular formula is C6H10ClFO2. The van der Waals surface area contributed by atoms with E-state index in [1.807, 2.05) is 0 Å². The molecule has 0 unspecified atom stereocenters. The van der Waals surface area contributed by atoms with E-state index < -0.39 is 12.1 Å². The SMILES string of the molecule is FCC1(CCl)COCOC1. The van der Waals surface area contributed by atoms with Crippen LogP contribution in [0, 0.1) is 5.41 Å². The van der Waals surface area contributed by atoms with Crippen LogP contribution in [-0.4, -0.2) is 32.6 Å². The van der Waals surface area contributed by atoms with Crippen LogP contribution >= 0.6 is 11.6 Å². The molecule has 60 valence electrons. The fourth-order valence-corrected chi connectivity index (χ4v) is 1.03. The minimum absolute atomic E-state index is 0.253. The fraction of sp³-hybridized carbons (Fsp3) is 1.00. The summed E-state index contributed by atoms with van der Waals surface area (Å²) in [6, 6.07) is 0. The molecule has 1 heterocycles. The lowest BCUT2D eigenvalue weighted by Gasteiger charge is -2.31. The van der Waals surface area contributed by atoms with Crippen molar-refractivity contribution >= 4 is 11.6 Å². The smallest absolute Gasteiger partial charge is 0.146 e. The van der Waals surface area contributed by atoms with Gasteiger partial charge in [-0.25, -0.2) is 0 Å². The first-order valence-electron chi connectivity index (χ1n) is 3.10. The summed E-state index contributed by atoms with van der Waals surface area (Å²) in [5, 5.41) is 0. The summed E-state index contributed by atoms with van der Waals surface area (Å²) < 4.78 is 22.1. The Morgan fingerprint density at radius 1 is 1.40 bits per heavy atom. The first-order valence-corrected chi connectivity index (χ1v) is 3.64. The molecule has 0 aromatic carbocycles. The summed E-state index contributed by atoms with van der Waals surface area (Å²) in [6.45, 7) is 0.523. The first-order chi connectivity index (χ1) is 4.83. The lowest BCUT2D eigenvalue weighted by atomic mass is 9.94. The second-order valence-corrected chi connectivity index (χ2v) is 2.85. The third-order valence-corrected chi connectivity index (χ3v) is 2.12. The van der Waals surface area contributed by atoms with Crippen molar-refractivity contribution in [1.29, 1.82) is 0 Å². The number of hydrogen-bond donors (Lipinski definition) is 0. The number of alkyl halides is 2. The van der Waals surface area contributed by atoms with Gasteiger partial charge in [-0.3, -0.25) is 4.39 Å². The Morgan fingerprint density at radius 3 is 2.30 bits per heavy atom. The van der Waals surface area contributed by atoms with Crippen LogP contribution in [0.5, 0.6) is 0 Å². The summed E-state index contributed by atoms with van der Waals surface area (Å²) in [6.07, 6.45) is 0. The maximum Gasteiger partial charge on any atom is 0.146 e. The Hall–Kier alpha value is 0.140. The molecule has 0 spiro atoms. The predicted octanol–water partition coefficient (Wildman–Crippen LogP) is 1.19. The minimum Gasteiger partial charge on any atom is -0.355 e. The van der Waals surface area contributed by atoms with Gasteiger partial charge >= 0.3 is 0 Å². The lowest BCUT2D eigenvalue weighted by molar-refractivity contribution is -0.162. The molecule has 0 radical (unpaired) electrons. The van der Waals surface area contributed by atoms with E-state index in [-0.39, 0.29) is 12.7 Å². The summed E-state index contributed by atoms with van der Waals surface area (Å²) in [5.74, 6) is 0.253. The number of ether oxygens (including phenoxy) is 2. The third-order valence-electron chi connectivity index (χ3n) is 1.55. The van der Waals surface area contributed by atoms with Crippen LogP contribution < -0.4 is 0 Å². The Morgan fingerprint density at radius 2 is 2.00 bits per heavy atom. The highest BCUT2D eigenvalue weighted by molar-refractivity contribution is 6.18. The topological polar surface area (TPSA) is 18.5 Å². The van der Waals surface area contributed by atoms with Gasteiger partial charge in [0.2, 0.25) is 0 Å². The van der Waals surface area contributed by atoms with Crippen molar-refractivity contribution in [3.8, 4) is 0 Å². The zero-order valence-corrected chi connectivity index (χ0v) is 6.36. The van der Waals surface area contributed by atoms with Gasteiger partial charge < -0.3 is 9.47 Å². The minimum atomic E-state index is -0.584. The normalized spacial score (nSPS) is 24.6. The van der Waals surface area contributed by atoms with Gasteiger partial charge in [0.1, 0.15) is 13.5 Å². The maximum absolute atomic E-state index is 12.3. The fourth-order valence-electron chi connectivity index (χ4n) is 0.807. The molecule has 0 N–H and O–H groups in total. The Kier molecular flexibility index (Phi) is 2.89. The monoisotopic (exact) mass is 168 g/mol. The van der Waals surface area contributed by atoms with Crippen LogP contribution in [0.2, 0.25) is 0 Å². The van der Waals surface area contributed by atoms with Crippen LogP contribution in [0.4, 0.5) is 4.39 Å². The molecule has 10 heavy (non-hydrogen) atoms. The van der Waals surface area contributed by atoms with E-state index in [2.05, 4.69) is 0 Å². The number of hydrogen-bond acceptors (Lipinski definition) is 2. The Labute approximate surface area is 64.3 Å². The highest BCUT2D eigenvalue weighted by atomic mass is 35.5. The molecule has 0 aromatic heterocycles. The summed E-state index contributed by atoms with van der Waals surface area (Å²) >= 11 is 5.54. The standard InChI is InChI=1S/C6H10ClFO2/c7-1-6(2-8)3-9-5-10-4-6/h1-5H2. The first kappa shape index (κ1) is 8.24. The van der Waals surface area contributed by atoms with Crippen LogP contribution in [0.15, 0.2) is 0 Å². The van der Waals surface area contributed by atoms with Gasteiger partial charge in [-0.2, -0.15) is 0 Å². The molecule has 1 fully saturated rings. The quantitative estimate of drug-likeness (QED) is 0.577. The predicted molar refractivity (Wildman–Crippen MR) is 35.9 cm³/mol. The molecule has 0 saturated carbocycles. The van der Waals surface area contributed by atoms with E-state index in [0.717, 1.165) is 0 Å². The van der Waals surface area contributed by atoms with E-state index >= 15 is 0 Å². The van der Waals surface area contributed by atoms with Gasteiger partial charge in [-0.1, -0.05) is 0 Å². The molecule has 0 aliphatic carbocycles. The van der Waals surface area contributed by atoms with Crippen molar-refractivity contribution in [2.45, 2.75) is 0 Å². The summed E-state index contributed by atoms with van der Waals surface area (Å²) in [5.41, 5.74) is -0.584. The molecule has 4 heteroatoms. The van der Waals surface area contributed by atoms with Crippen LogP contribution in [0.1, 0.15) is 0 Å². The van der Waals surface area contributed by atoms with E-state index in [9.17, 15) is 4.39 Å². The average molecular weight is 169 g/mol. The Balaban J connectivity index is 2.44. The van der Waals surface area contributed by atoms with Gasteiger partial charge in [-0.05, 0) is 0 Å². The van der Waals surface area contributed by atoms with Crippen molar-refractivity contribution in [2.75, 3.05) is 32.6 Å². The number of rotatable bonds is 2. The highest BCUT2D eigenvalue weighted by Crippen LogP contribution is 2.24. The van der Waals surface area contributed by atoms with Gasteiger partial charge in [0, 0.05) is 5.88 Å². The van der Waals surface area contributed by atoms with Crippen molar-refractivity contribution in [1.82, 2.24) is 0 Å². The Bertz CT molecular complexity index is 97.9. The second kappa shape index (κ2) is 3.51. The zero-order valence-electron chi connectivity index (χ0n) is 5.61. The van der Waals surface area contributed by atoms with Gasteiger partial charge in [0.25, 0.3) is 0 Å². The van der Waals surface area contributed by atoms with Crippen LogP contribution in [0.3, 0.4) is 0 Å². The van der Waals surface area contributed by atoms with Gasteiger partial charge in [0.05, 0.1) is 18.6 Å². The van der Waals surface area contributed by atoms with Gasteiger partial charge in [-0.15, -0.1) is 11.6 Å². The van der Waals surface area contributed by atoms with Crippen molar-refractivity contribution in [2.24, 2.45) is 5.41 Å². The van der Waals surface area contributed by atoms with E-state index in [0.29, 0.717) is 13.2 Å². The average Bonchev–Trinajstić information content (AvgIpc) is 2.06. The molecule has 1 rings (SSSR count). The molecule has 2 nitrogen and oxygen atoms in total. The molecule has 0 atom stereocenters. The number of halogens is 2. The van der Waals surface area contributed by atoms with E-state index in [4.69, 9.17) is 21.1 Å². The lowest BCUT2D eigenvalue weighted by Crippen LogP contribution is -2.40. The molecule has 0 amide bonds. The maximum atomic E-state index is 12.3. The molecule has 1 saturated heterocycles. The summed E-state index contributed by atoms with van der Waals surface area (Å²) in [7, 11) is 0. The molecule has 1 aliphatic rings. The molecular weight excluding hydrogens is 159 g/mol. The van der Waals surface area contributed by atoms with Crippen molar-refractivity contribution in [3.63, 3.8) is 0 Å². The third kappa shape index (κ3) is 1.59. The largest absolute Gasteiger partial charge is 0.355 e. The molecule has 0 aromatic rings. The van der Waals surface area contributed by atoms with Gasteiger partial charge in [0.15, 0.2) is 0 Å². The second-order valence-electron chi connectivity index (χ2n) is 2.58. The van der Waals surface area contributed by atoms with E-state index in [1.54, 1.807) is 0 Å². The van der Waals surface area contributed by atoms with Crippen LogP contribution in [0.25, 0.3) is 0 Å². The molecule has 1 aliphatic heterocycles. The van der Waals surface area contributed by atoms with Crippen LogP contribution in [-0.2, 0) is 9.47 Å². The zero-order chi connectivity index (χ0) is 7.45. The molecule has 0 bridgehead atoms. The van der Waals surface area contributed by atoms with E-state index in [1.165, 1.54) is 0 Å². The summed E-state index contributed by atoms with van der Waals surface area (Å²) in [4.78, 5) is 0. The van der Waals surface area contributed by atoms with Crippen molar-refractivity contribution in [3.05, 3.63) is 0 Å². The van der Waals surface area contributed by atoms with Crippen molar-refractivity contribution < 1.29 is 13.9 Å². The highest BCUT2D eigenvalue weighted by Gasteiger charge is 2.33.